The average Bonchev–Trinajstić information content (AvgIpc) is 2.03. The van der Waals surface area contributed by atoms with Gasteiger partial charge in [-0.2, -0.15) is 0 Å². The van der Waals surface area contributed by atoms with E-state index in [0.29, 0.717) is 15.6 Å². The second-order valence-corrected chi connectivity index (χ2v) is 3.92. The molecule has 1 aromatic rings. The van der Waals surface area contributed by atoms with E-state index in [1.54, 1.807) is 18.2 Å². The lowest BCUT2D eigenvalue weighted by Crippen LogP contribution is -2.01. The second-order valence-electron chi connectivity index (χ2n) is 2.64. The van der Waals surface area contributed by atoms with Crippen molar-refractivity contribution in [2.24, 2.45) is 0 Å². The monoisotopic (exact) mass is 236 g/mol. The van der Waals surface area contributed by atoms with Gasteiger partial charge in [-0.15, -0.1) is 11.6 Å². The largest absolute Gasteiger partial charge is 0.298 e. The number of hydrogen-bond acceptors (Lipinski definition) is 1. The third kappa shape index (κ3) is 2.60. The van der Waals surface area contributed by atoms with Crippen molar-refractivity contribution in [1.82, 2.24) is 0 Å². The summed E-state index contributed by atoms with van der Waals surface area (Å²) in [6.07, 6.45) is 0. The number of rotatable bonds is 2. The Kier molecular flexibility index (Phi) is 3.60. The molecule has 0 spiro atoms. The van der Waals surface area contributed by atoms with Crippen LogP contribution in [0.2, 0.25) is 10.0 Å². The van der Waals surface area contributed by atoms with E-state index in [0.717, 1.165) is 0 Å². The van der Waals surface area contributed by atoms with Crippen LogP contribution in [-0.4, -0.2) is 5.78 Å². The third-order valence-electron chi connectivity index (χ3n) is 1.59. The lowest BCUT2D eigenvalue weighted by Gasteiger charge is -2.07. The molecule has 1 unspecified atom stereocenters. The van der Waals surface area contributed by atoms with Gasteiger partial charge >= 0.3 is 0 Å². The molecule has 13 heavy (non-hydrogen) atoms. The molecule has 1 aromatic carbocycles. The van der Waals surface area contributed by atoms with Crippen molar-refractivity contribution in [1.29, 1.82) is 0 Å². The first-order chi connectivity index (χ1) is 6.02. The fourth-order valence-electron chi connectivity index (χ4n) is 0.926. The summed E-state index contributed by atoms with van der Waals surface area (Å²) in [6, 6.07) is 4.88. The SMILES string of the molecule is CC(=O)C(Cl)c1ccc(Cl)cc1Cl. The summed E-state index contributed by atoms with van der Waals surface area (Å²) in [5.74, 6) is -0.133. The molecule has 0 aliphatic rings. The van der Waals surface area contributed by atoms with Gasteiger partial charge in [0.25, 0.3) is 0 Å². The van der Waals surface area contributed by atoms with E-state index in [1.807, 2.05) is 0 Å². The van der Waals surface area contributed by atoms with Gasteiger partial charge in [0.2, 0.25) is 0 Å². The summed E-state index contributed by atoms with van der Waals surface area (Å²) in [6.45, 7) is 1.42. The molecule has 0 amide bonds. The molecular weight excluding hydrogens is 230 g/mol. The normalized spacial score (nSPS) is 12.6. The zero-order chi connectivity index (χ0) is 10.0. The first-order valence-corrected chi connectivity index (χ1v) is 4.81. The molecule has 1 nitrogen and oxygen atoms in total. The summed E-state index contributed by atoms with van der Waals surface area (Å²) < 4.78 is 0. The lowest BCUT2D eigenvalue weighted by atomic mass is 10.1. The van der Waals surface area contributed by atoms with E-state index >= 15 is 0 Å². The Hall–Kier alpha value is -0.240. The van der Waals surface area contributed by atoms with E-state index in [1.165, 1.54) is 6.92 Å². The van der Waals surface area contributed by atoms with Gasteiger partial charge in [-0.05, 0) is 24.6 Å². The van der Waals surface area contributed by atoms with Crippen LogP contribution in [0.25, 0.3) is 0 Å². The molecule has 0 aliphatic heterocycles. The van der Waals surface area contributed by atoms with Crippen LogP contribution >= 0.6 is 34.8 Å². The van der Waals surface area contributed by atoms with Gasteiger partial charge in [0, 0.05) is 10.0 Å². The van der Waals surface area contributed by atoms with Crippen LogP contribution in [0, 0.1) is 0 Å². The van der Waals surface area contributed by atoms with Crippen LogP contribution in [-0.2, 0) is 4.79 Å². The standard InChI is InChI=1S/C9H7Cl3O/c1-5(13)9(12)7-3-2-6(10)4-8(7)11/h2-4,9H,1H3. The lowest BCUT2D eigenvalue weighted by molar-refractivity contribution is -0.116. The first-order valence-electron chi connectivity index (χ1n) is 3.62. The predicted octanol–water partition coefficient (Wildman–Crippen LogP) is 3.86. The Morgan fingerprint density at radius 1 is 1.38 bits per heavy atom. The highest BCUT2D eigenvalue weighted by Gasteiger charge is 2.16. The van der Waals surface area contributed by atoms with Crippen LogP contribution in [0.3, 0.4) is 0 Å². The Morgan fingerprint density at radius 3 is 2.46 bits per heavy atom. The van der Waals surface area contributed by atoms with Gasteiger partial charge in [-0.25, -0.2) is 0 Å². The van der Waals surface area contributed by atoms with Gasteiger partial charge in [0.1, 0.15) is 5.38 Å². The summed E-state index contributed by atoms with van der Waals surface area (Å²) in [5.41, 5.74) is 0.597. The first kappa shape index (κ1) is 10.8. The van der Waals surface area contributed by atoms with Gasteiger partial charge < -0.3 is 0 Å². The Morgan fingerprint density at radius 2 is 2.00 bits per heavy atom. The minimum absolute atomic E-state index is 0.133. The van der Waals surface area contributed by atoms with Crippen molar-refractivity contribution >= 4 is 40.6 Å². The van der Waals surface area contributed by atoms with Gasteiger partial charge in [-0.3, -0.25) is 4.79 Å². The summed E-state index contributed by atoms with van der Waals surface area (Å²) >= 11 is 17.4. The van der Waals surface area contributed by atoms with Crippen molar-refractivity contribution in [3.8, 4) is 0 Å². The average molecular weight is 238 g/mol. The number of carbonyl (C=O) groups is 1. The summed E-state index contributed by atoms with van der Waals surface area (Å²) in [7, 11) is 0. The van der Waals surface area contributed by atoms with Crippen LogP contribution in [0.1, 0.15) is 17.9 Å². The van der Waals surface area contributed by atoms with Crippen molar-refractivity contribution in [2.75, 3.05) is 0 Å². The molecule has 1 rings (SSSR count). The zero-order valence-corrected chi connectivity index (χ0v) is 9.12. The number of halogens is 3. The van der Waals surface area contributed by atoms with Crippen LogP contribution in [0.5, 0.6) is 0 Å². The number of Topliss-reactive ketones (excluding diaryl/α,β-unsaturated/α-hetero) is 1. The maximum atomic E-state index is 11.0. The van der Waals surface area contributed by atoms with Crippen LogP contribution < -0.4 is 0 Å². The molecule has 0 saturated carbocycles. The topological polar surface area (TPSA) is 17.1 Å². The van der Waals surface area contributed by atoms with Gasteiger partial charge in [0.15, 0.2) is 5.78 Å². The maximum absolute atomic E-state index is 11.0. The highest BCUT2D eigenvalue weighted by Crippen LogP contribution is 2.30. The number of hydrogen-bond donors (Lipinski definition) is 0. The molecule has 0 heterocycles. The molecule has 4 heteroatoms. The highest BCUT2D eigenvalue weighted by atomic mass is 35.5. The fourth-order valence-corrected chi connectivity index (χ4v) is 1.69. The number of carbonyl (C=O) groups excluding carboxylic acids is 1. The van der Waals surface area contributed by atoms with Gasteiger partial charge in [0.05, 0.1) is 0 Å². The second kappa shape index (κ2) is 4.32. The molecule has 0 fully saturated rings. The van der Waals surface area contributed by atoms with Crippen molar-refractivity contribution < 1.29 is 4.79 Å². The van der Waals surface area contributed by atoms with Crippen LogP contribution in [0.4, 0.5) is 0 Å². The highest BCUT2D eigenvalue weighted by molar-refractivity contribution is 6.37. The maximum Gasteiger partial charge on any atom is 0.152 e. The van der Waals surface area contributed by atoms with Crippen molar-refractivity contribution in [3.63, 3.8) is 0 Å². The van der Waals surface area contributed by atoms with Crippen molar-refractivity contribution in [2.45, 2.75) is 12.3 Å². The number of ketones is 1. The Balaban J connectivity index is 3.08. The molecule has 0 N–H and O–H groups in total. The minimum Gasteiger partial charge on any atom is -0.298 e. The van der Waals surface area contributed by atoms with E-state index in [9.17, 15) is 4.79 Å². The minimum atomic E-state index is -0.690. The molecule has 0 aliphatic carbocycles. The smallest absolute Gasteiger partial charge is 0.152 e. The molecule has 0 saturated heterocycles. The van der Waals surface area contributed by atoms with E-state index in [4.69, 9.17) is 34.8 Å². The molecule has 0 bridgehead atoms. The summed E-state index contributed by atoms with van der Waals surface area (Å²) in [4.78, 5) is 11.0. The fraction of sp³-hybridized carbons (Fsp3) is 0.222. The quantitative estimate of drug-likeness (QED) is 0.714. The summed E-state index contributed by atoms with van der Waals surface area (Å²) in [5, 5.41) is 0.258. The molecule has 0 aromatic heterocycles. The number of benzene rings is 1. The molecule has 1 atom stereocenters. The molecular formula is C9H7Cl3O. The number of alkyl halides is 1. The molecule has 70 valence electrons. The zero-order valence-electron chi connectivity index (χ0n) is 6.85. The van der Waals surface area contributed by atoms with Gasteiger partial charge in [-0.1, -0.05) is 29.3 Å². The van der Waals surface area contributed by atoms with Crippen LogP contribution in [0.15, 0.2) is 18.2 Å². The third-order valence-corrected chi connectivity index (χ3v) is 2.70. The molecule has 0 radical (unpaired) electrons. The predicted molar refractivity (Wildman–Crippen MR) is 55.7 cm³/mol. The van der Waals surface area contributed by atoms with E-state index < -0.39 is 5.38 Å². The van der Waals surface area contributed by atoms with E-state index in [2.05, 4.69) is 0 Å². The Bertz CT molecular complexity index is 336. The van der Waals surface area contributed by atoms with Crippen molar-refractivity contribution in [3.05, 3.63) is 33.8 Å². The Labute approximate surface area is 91.6 Å². The van der Waals surface area contributed by atoms with E-state index in [-0.39, 0.29) is 5.78 Å².